The largest absolute Gasteiger partial charge is 0.490 e. The van der Waals surface area contributed by atoms with Crippen molar-refractivity contribution in [3.05, 3.63) is 98.9 Å². The van der Waals surface area contributed by atoms with Crippen LogP contribution in [0.2, 0.25) is 0 Å². The third-order valence-corrected chi connectivity index (χ3v) is 6.87. The van der Waals surface area contributed by atoms with Crippen molar-refractivity contribution in [3.63, 3.8) is 0 Å². The number of amides is 2. The minimum Gasteiger partial charge on any atom is -0.490 e. The molecule has 0 fully saturated rings. The van der Waals surface area contributed by atoms with Crippen LogP contribution in [-0.4, -0.2) is 49.9 Å². The maximum Gasteiger partial charge on any atom is 0.337 e. The van der Waals surface area contributed by atoms with Gasteiger partial charge in [-0.25, -0.2) is 14.0 Å². The number of aliphatic hydroxyl groups is 1. The van der Waals surface area contributed by atoms with Crippen molar-refractivity contribution in [1.29, 1.82) is 0 Å². The molecule has 0 radical (unpaired) electrons. The van der Waals surface area contributed by atoms with E-state index >= 15 is 0 Å². The molecule has 2 atom stereocenters. The SMILES string of the molecule is CCOc1cc([C@H]2NC(=O)NC(C)=C2C(=O)OC)ccc1OC[C@H](O)N/N=C\c1cc(Br)ccc1OCc1ccc(F)cc1. The first-order valence-electron chi connectivity index (χ1n) is 13.6. The van der Waals surface area contributed by atoms with Gasteiger partial charge in [0.2, 0.25) is 0 Å². The summed E-state index contributed by atoms with van der Waals surface area (Å²) in [5, 5.41) is 19.9. The Balaban J connectivity index is 1.40. The molecule has 3 aromatic rings. The molecular weight excluding hydrogens is 639 g/mol. The van der Waals surface area contributed by atoms with Crippen molar-refractivity contribution in [2.75, 3.05) is 20.3 Å². The first-order valence-corrected chi connectivity index (χ1v) is 14.4. The lowest BCUT2D eigenvalue weighted by molar-refractivity contribution is -0.136. The summed E-state index contributed by atoms with van der Waals surface area (Å²) in [5.74, 6) is 0.332. The van der Waals surface area contributed by atoms with Gasteiger partial charge in [0.05, 0.1) is 31.5 Å². The minimum atomic E-state index is -1.18. The fourth-order valence-electron chi connectivity index (χ4n) is 4.31. The van der Waals surface area contributed by atoms with Crippen LogP contribution in [0.15, 0.2) is 81.5 Å². The monoisotopic (exact) mass is 670 g/mol. The molecule has 1 heterocycles. The van der Waals surface area contributed by atoms with Gasteiger partial charge in [-0.3, -0.25) is 5.43 Å². The number of benzene rings is 3. The standard InChI is InChI=1S/C31H32BrFN4O7/c1-4-42-26-14-20(29-28(30(39)41-3)18(2)35-31(40)36-29)7-11-25(26)44-17-27(38)37-34-15-21-13-22(32)8-12-24(21)43-16-19-5-9-23(33)10-6-19/h5-15,27,29,37-38H,4,16-17H2,1-3H3,(H2,35,36,40)/b34-15-/t27-,29+/m0/s1. The van der Waals surface area contributed by atoms with Crippen LogP contribution in [-0.2, 0) is 16.1 Å². The van der Waals surface area contributed by atoms with Gasteiger partial charge in [0.1, 0.15) is 24.8 Å². The number of aliphatic hydroxyl groups excluding tert-OH is 1. The highest BCUT2D eigenvalue weighted by Gasteiger charge is 2.32. The van der Waals surface area contributed by atoms with E-state index in [0.29, 0.717) is 40.7 Å². The molecule has 0 bridgehead atoms. The molecule has 232 valence electrons. The number of methoxy groups -OCH3 is 1. The Morgan fingerprint density at radius 1 is 1.09 bits per heavy atom. The van der Waals surface area contributed by atoms with Crippen molar-refractivity contribution in [3.8, 4) is 17.2 Å². The molecule has 0 aromatic heterocycles. The number of nitrogens with one attached hydrogen (secondary N) is 3. The Hall–Kier alpha value is -4.62. The number of ether oxygens (including phenoxy) is 4. The quantitative estimate of drug-likeness (QED) is 0.0889. The Morgan fingerprint density at radius 3 is 2.57 bits per heavy atom. The Labute approximate surface area is 262 Å². The zero-order valence-electron chi connectivity index (χ0n) is 24.2. The number of urea groups is 1. The molecule has 0 saturated heterocycles. The zero-order valence-corrected chi connectivity index (χ0v) is 25.8. The molecule has 3 aromatic carbocycles. The summed E-state index contributed by atoms with van der Waals surface area (Å²) in [5.41, 5.74) is 5.27. The van der Waals surface area contributed by atoms with Gasteiger partial charge in [-0.2, -0.15) is 5.10 Å². The molecule has 0 saturated carbocycles. The Kier molecular flexibility index (Phi) is 11.2. The highest BCUT2D eigenvalue weighted by Crippen LogP contribution is 2.35. The van der Waals surface area contributed by atoms with E-state index < -0.39 is 24.3 Å². The van der Waals surface area contributed by atoms with E-state index in [9.17, 15) is 19.1 Å². The molecule has 0 unspecified atom stereocenters. The Morgan fingerprint density at radius 2 is 1.84 bits per heavy atom. The van der Waals surface area contributed by atoms with Gasteiger partial charge in [-0.1, -0.05) is 34.1 Å². The fourth-order valence-corrected chi connectivity index (χ4v) is 4.69. The Bertz CT molecular complexity index is 1550. The van der Waals surface area contributed by atoms with Gasteiger partial charge in [0, 0.05) is 15.7 Å². The first kappa shape index (κ1) is 32.3. The second-order valence-corrected chi connectivity index (χ2v) is 10.4. The highest BCUT2D eigenvalue weighted by molar-refractivity contribution is 9.10. The third-order valence-electron chi connectivity index (χ3n) is 6.38. The van der Waals surface area contributed by atoms with Crippen LogP contribution in [0.4, 0.5) is 9.18 Å². The molecule has 0 spiro atoms. The number of hydrazone groups is 1. The van der Waals surface area contributed by atoms with Crippen LogP contribution in [0.25, 0.3) is 0 Å². The van der Waals surface area contributed by atoms with Crippen LogP contribution in [0.5, 0.6) is 17.2 Å². The van der Waals surface area contributed by atoms with Crippen molar-refractivity contribution < 1.29 is 38.0 Å². The maximum absolute atomic E-state index is 13.2. The maximum atomic E-state index is 13.2. The van der Waals surface area contributed by atoms with Crippen molar-refractivity contribution in [1.82, 2.24) is 16.1 Å². The molecular formula is C31H32BrFN4O7. The normalized spacial score (nSPS) is 15.3. The number of carbonyl (C=O) groups is 2. The van der Waals surface area contributed by atoms with Crippen LogP contribution >= 0.6 is 15.9 Å². The zero-order chi connectivity index (χ0) is 31.6. The average molecular weight is 672 g/mol. The summed E-state index contributed by atoms with van der Waals surface area (Å²) in [7, 11) is 1.27. The van der Waals surface area contributed by atoms with Gasteiger partial charge < -0.3 is 34.7 Å². The first-order chi connectivity index (χ1) is 21.2. The van der Waals surface area contributed by atoms with Crippen LogP contribution in [0.1, 0.15) is 36.6 Å². The molecule has 0 aliphatic carbocycles. The average Bonchev–Trinajstić information content (AvgIpc) is 3.00. The van der Waals surface area contributed by atoms with Gasteiger partial charge in [0.15, 0.2) is 17.7 Å². The van der Waals surface area contributed by atoms with Crippen molar-refractivity contribution >= 4 is 34.1 Å². The summed E-state index contributed by atoms with van der Waals surface area (Å²) in [6.45, 7) is 3.79. The summed E-state index contributed by atoms with van der Waals surface area (Å²) in [4.78, 5) is 24.6. The molecule has 1 aliphatic heterocycles. The van der Waals surface area contributed by atoms with E-state index in [-0.39, 0.29) is 24.6 Å². The van der Waals surface area contributed by atoms with Crippen molar-refractivity contribution in [2.24, 2.45) is 5.10 Å². The van der Waals surface area contributed by atoms with Crippen LogP contribution < -0.4 is 30.3 Å². The summed E-state index contributed by atoms with van der Waals surface area (Å²) < 4.78 is 36.3. The number of hydrogen-bond donors (Lipinski definition) is 4. The predicted molar refractivity (Wildman–Crippen MR) is 164 cm³/mol. The molecule has 44 heavy (non-hydrogen) atoms. The second kappa shape index (κ2) is 15.2. The van der Waals surface area contributed by atoms with E-state index in [1.807, 2.05) is 6.07 Å². The molecule has 4 N–H and O–H groups in total. The summed E-state index contributed by atoms with van der Waals surface area (Å²) >= 11 is 3.43. The van der Waals surface area contributed by atoms with E-state index in [2.05, 4.69) is 37.1 Å². The molecule has 13 heteroatoms. The number of rotatable bonds is 13. The van der Waals surface area contributed by atoms with E-state index in [1.54, 1.807) is 56.3 Å². The third kappa shape index (κ3) is 8.48. The number of esters is 1. The lowest BCUT2D eigenvalue weighted by Crippen LogP contribution is -2.45. The number of carbonyl (C=O) groups excluding carboxylic acids is 2. The summed E-state index contributed by atoms with van der Waals surface area (Å²) in [6.07, 6.45) is 0.312. The number of hydrogen-bond acceptors (Lipinski definition) is 9. The molecule has 4 rings (SSSR count). The number of allylic oxidation sites excluding steroid dienone is 1. The van der Waals surface area contributed by atoms with Crippen LogP contribution in [0.3, 0.4) is 0 Å². The number of nitrogens with zero attached hydrogens (tertiary/aromatic N) is 1. The second-order valence-electron chi connectivity index (χ2n) is 9.51. The highest BCUT2D eigenvalue weighted by atomic mass is 79.9. The molecule has 2 amide bonds. The van der Waals surface area contributed by atoms with E-state index in [4.69, 9.17) is 18.9 Å². The topological polar surface area (TPSA) is 140 Å². The lowest BCUT2D eigenvalue weighted by atomic mass is 9.95. The molecule has 11 nitrogen and oxygen atoms in total. The number of halogens is 2. The van der Waals surface area contributed by atoms with Gasteiger partial charge >= 0.3 is 12.0 Å². The van der Waals surface area contributed by atoms with Gasteiger partial charge in [-0.05, 0) is 67.4 Å². The lowest BCUT2D eigenvalue weighted by Gasteiger charge is -2.28. The predicted octanol–water partition coefficient (Wildman–Crippen LogP) is 4.69. The van der Waals surface area contributed by atoms with Gasteiger partial charge in [-0.15, -0.1) is 0 Å². The molecule has 1 aliphatic rings. The summed E-state index contributed by atoms with van der Waals surface area (Å²) in [6, 6.07) is 15.2. The van der Waals surface area contributed by atoms with E-state index in [1.165, 1.54) is 25.5 Å². The van der Waals surface area contributed by atoms with Gasteiger partial charge in [0.25, 0.3) is 0 Å². The van der Waals surface area contributed by atoms with Crippen molar-refractivity contribution in [2.45, 2.75) is 32.7 Å². The van der Waals surface area contributed by atoms with E-state index in [0.717, 1.165) is 10.0 Å². The van der Waals surface area contributed by atoms with Crippen LogP contribution in [0, 0.1) is 5.82 Å². The minimum absolute atomic E-state index is 0.181. The fraction of sp³-hybridized carbons (Fsp3) is 0.258. The smallest absolute Gasteiger partial charge is 0.337 e.